The second-order valence-corrected chi connectivity index (χ2v) is 17.8. The first-order valence-corrected chi connectivity index (χ1v) is 23.7. The van der Waals surface area contributed by atoms with E-state index < -0.39 is 78.4 Å². The molecular formula is C49H60N8O16. The van der Waals surface area contributed by atoms with Crippen LogP contribution >= 0.6 is 0 Å². The number of carboxylic acids is 2. The standard InChI is InChI=1S/C49H60N8O16/c58-36(12-10-30-6-4-18-50-25-30)52-19-2-1-5-29-16-21-57(22-17-29)44(66)32-7-3-8-33(24-32)54-48(70)71-26-31-9-11-35(72-46-42(65)40(63)41(64)43(73-46)45(67)68)34(23-31)55-37(59)15-20-53-47(69)49(27-51-28-49)56-38(60)13-14-39(61)62/h3-4,6-12,18,23-25,29,40-43,46,51,63-65H,1-2,5,13-17,19-22,26-28H2,(H,52,58)(H,53,69)(H,54,70)(H,55,59)(H,56,60)(H,61,62)(H,67,68)/b12-10+. The molecule has 73 heavy (non-hydrogen) atoms. The number of aliphatic hydroxyl groups excluding tert-OH is 3. The summed E-state index contributed by atoms with van der Waals surface area (Å²) in [6.07, 6.45) is -0.834. The second-order valence-electron chi connectivity index (χ2n) is 17.8. The maximum absolute atomic E-state index is 13.5. The molecule has 3 aliphatic heterocycles. The fraction of sp³-hybridized carbons (Fsp3) is 0.449. The molecule has 3 saturated heterocycles. The van der Waals surface area contributed by atoms with Crippen LogP contribution in [0, 0.1) is 5.92 Å². The fourth-order valence-electron chi connectivity index (χ4n) is 8.16. The van der Waals surface area contributed by atoms with Gasteiger partial charge in [0.2, 0.25) is 29.9 Å². The lowest BCUT2D eigenvalue weighted by molar-refractivity contribution is -0.271. The minimum atomic E-state index is -2.00. The SMILES string of the molecule is O=C(O)CCC(=O)NC1(C(=O)NCCC(=O)Nc2cc(COC(=O)Nc3cccc(C(=O)N4CCC(CCCCNC(=O)/C=C/c5cccnc5)CC4)c3)ccc2OC2OC(C(=O)O)C(O)C(O)C2O)CNC1. The number of carbonyl (C=O) groups excluding carboxylic acids is 6. The number of likely N-dealkylation sites (tertiary alicyclic amines) is 1. The Morgan fingerprint density at radius 2 is 1.62 bits per heavy atom. The zero-order valence-corrected chi connectivity index (χ0v) is 39.7. The van der Waals surface area contributed by atoms with Gasteiger partial charge in [-0.1, -0.05) is 31.0 Å². The molecule has 11 N–H and O–H groups in total. The number of anilines is 2. The number of nitrogens with zero attached hydrogens (tertiary/aromatic N) is 2. The third-order valence-corrected chi connectivity index (χ3v) is 12.3. The number of pyridine rings is 1. The average molecular weight is 1020 g/mol. The number of benzene rings is 2. The maximum atomic E-state index is 13.5. The van der Waals surface area contributed by atoms with Gasteiger partial charge in [0.15, 0.2) is 6.10 Å². The molecule has 5 atom stereocenters. The van der Waals surface area contributed by atoms with E-state index in [0.717, 1.165) is 37.7 Å². The molecule has 0 radical (unpaired) electrons. The van der Waals surface area contributed by atoms with Crippen LogP contribution in [0.3, 0.4) is 0 Å². The van der Waals surface area contributed by atoms with E-state index in [9.17, 15) is 58.8 Å². The Kier molecular flexibility index (Phi) is 19.7. The number of aromatic nitrogens is 1. The molecule has 6 rings (SSSR count). The van der Waals surface area contributed by atoms with Gasteiger partial charge in [-0.25, -0.2) is 9.59 Å². The van der Waals surface area contributed by atoms with Crippen molar-refractivity contribution in [3.05, 3.63) is 89.8 Å². The number of carboxylic acid groups (broad SMARTS) is 2. The summed E-state index contributed by atoms with van der Waals surface area (Å²) in [6, 6.07) is 14.1. The normalized spacial score (nSPS) is 20.4. The highest BCUT2D eigenvalue weighted by molar-refractivity contribution is 5.97. The topological polar surface area (TPSA) is 354 Å². The van der Waals surface area contributed by atoms with E-state index in [0.29, 0.717) is 31.1 Å². The number of unbranched alkanes of at least 4 members (excludes halogenated alkanes) is 1. The van der Waals surface area contributed by atoms with Crippen LogP contribution < -0.4 is 36.6 Å². The van der Waals surface area contributed by atoms with Gasteiger partial charge in [-0.2, -0.15) is 0 Å². The first kappa shape index (κ1) is 54.8. The molecule has 6 amide bonds. The molecule has 3 aromatic rings. The number of hydrogen-bond acceptors (Lipinski definition) is 16. The fourth-order valence-corrected chi connectivity index (χ4v) is 8.16. The molecule has 1 aromatic heterocycles. The van der Waals surface area contributed by atoms with E-state index in [2.05, 4.69) is 36.9 Å². The van der Waals surface area contributed by atoms with Gasteiger partial charge in [-0.05, 0) is 78.8 Å². The molecule has 24 heteroatoms. The van der Waals surface area contributed by atoms with Crippen molar-refractivity contribution < 1.29 is 78.1 Å². The quantitative estimate of drug-likeness (QED) is 0.0460. The Hall–Kier alpha value is -7.51. The molecule has 3 fully saturated rings. The summed E-state index contributed by atoms with van der Waals surface area (Å²) in [6.45, 7) is 1.23. The van der Waals surface area contributed by atoms with E-state index in [4.69, 9.17) is 19.3 Å². The summed E-state index contributed by atoms with van der Waals surface area (Å²) in [7, 11) is 0. The Bertz CT molecular complexity index is 2480. The van der Waals surface area contributed by atoms with Crippen LogP contribution in [-0.4, -0.2) is 158 Å². The summed E-state index contributed by atoms with van der Waals surface area (Å²) in [5, 5.41) is 65.6. The maximum Gasteiger partial charge on any atom is 0.411 e. The van der Waals surface area contributed by atoms with Gasteiger partial charge < -0.3 is 71.2 Å². The van der Waals surface area contributed by atoms with E-state index in [1.165, 1.54) is 30.3 Å². The van der Waals surface area contributed by atoms with Gasteiger partial charge in [0.05, 0.1) is 12.1 Å². The third kappa shape index (κ3) is 16.0. The molecule has 0 saturated carbocycles. The number of hydrogen-bond donors (Lipinski definition) is 11. The van der Waals surface area contributed by atoms with Crippen molar-refractivity contribution in [3.63, 3.8) is 0 Å². The summed E-state index contributed by atoms with van der Waals surface area (Å²) in [4.78, 5) is 106. The summed E-state index contributed by atoms with van der Waals surface area (Å²) in [5.74, 6) is -4.91. The van der Waals surface area contributed by atoms with Crippen LogP contribution in [0.5, 0.6) is 5.75 Å². The molecule has 3 aliphatic rings. The van der Waals surface area contributed by atoms with Crippen molar-refractivity contribution in [3.8, 4) is 5.75 Å². The van der Waals surface area contributed by atoms with Gasteiger partial charge in [-0.3, -0.25) is 39.1 Å². The lowest BCUT2D eigenvalue weighted by Gasteiger charge is -2.41. The predicted molar refractivity (Wildman–Crippen MR) is 257 cm³/mol. The molecule has 0 aliphatic carbocycles. The zero-order valence-electron chi connectivity index (χ0n) is 39.7. The van der Waals surface area contributed by atoms with Crippen molar-refractivity contribution >= 4 is 65.0 Å². The second kappa shape index (κ2) is 26.3. The molecule has 5 unspecified atom stereocenters. The Labute approximate surface area is 418 Å². The van der Waals surface area contributed by atoms with E-state index >= 15 is 0 Å². The van der Waals surface area contributed by atoms with Gasteiger partial charge in [-0.15, -0.1) is 0 Å². The molecule has 24 nitrogen and oxygen atoms in total. The van der Waals surface area contributed by atoms with Crippen LogP contribution in [0.15, 0.2) is 73.1 Å². The molecule has 4 heterocycles. The molecule has 392 valence electrons. The minimum Gasteiger partial charge on any atom is -0.481 e. The smallest absolute Gasteiger partial charge is 0.411 e. The average Bonchev–Trinajstić information content (AvgIpc) is 3.36. The highest BCUT2D eigenvalue weighted by atomic mass is 16.7. The number of aliphatic carboxylic acids is 2. The zero-order chi connectivity index (χ0) is 52.5. The van der Waals surface area contributed by atoms with Crippen molar-refractivity contribution in [2.45, 2.75) is 94.2 Å². The Morgan fingerprint density at radius 1 is 0.836 bits per heavy atom. The predicted octanol–water partition coefficient (Wildman–Crippen LogP) is 0.721. The van der Waals surface area contributed by atoms with Crippen molar-refractivity contribution in [2.75, 3.05) is 49.9 Å². The van der Waals surface area contributed by atoms with Gasteiger partial charge in [0, 0.05) is 81.8 Å². The summed E-state index contributed by atoms with van der Waals surface area (Å²) >= 11 is 0. The number of piperidine rings is 1. The number of carbonyl (C=O) groups is 8. The summed E-state index contributed by atoms with van der Waals surface area (Å²) in [5.41, 5.74) is 0.319. The van der Waals surface area contributed by atoms with E-state index in [1.807, 2.05) is 6.07 Å². The van der Waals surface area contributed by atoms with Crippen LogP contribution in [0.4, 0.5) is 16.2 Å². The van der Waals surface area contributed by atoms with E-state index in [1.54, 1.807) is 47.6 Å². The number of nitrogens with one attached hydrogen (secondary N) is 6. The van der Waals surface area contributed by atoms with Gasteiger partial charge >= 0.3 is 18.0 Å². The highest BCUT2D eigenvalue weighted by Gasteiger charge is 2.48. The lowest BCUT2D eigenvalue weighted by atomic mass is 9.90. The number of aliphatic hydroxyl groups is 3. The van der Waals surface area contributed by atoms with E-state index in [-0.39, 0.29) is 73.6 Å². The minimum absolute atomic E-state index is 0.0636. The monoisotopic (exact) mass is 1020 g/mol. The Balaban J connectivity index is 0.993. The van der Waals surface area contributed by atoms with Crippen LogP contribution in [0.25, 0.3) is 6.08 Å². The van der Waals surface area contributed by atoms with Gasteiger partial charge in [0.1, 0.15) is 36.2 Å². The van der Waals surface area contributed by atoms with Gasteiger partial charge in [0.25, 0.3) is 5.91 Å². The van der Waals surface area contributed by atoms with Crippen molar-refractivity contribution in [1.29, 1.82) is 0 Å². The number of amides is 6. The largest absolute Gasteiger partial charge is 0.481 e. The molecular weight excluding hydrogens is 957 g/mol. The van der Waals surface area contributed by atoms with Crippen molar-refractivity contribution in [2.24, 2.45) is 5.92 Å². The highest BCUT2D eigenvalue weighted by Crippen LogP contribution is 2.32. The molecule has 0 spiro atoms. The molecule has 2 aromatic carbocycles. The summed E-state index contributed by atoms with van der Waals surface area (Å²) < 4.78 is 16.4. The van der Waals surface area contributed by atoms with Crippen LogP contribution in [-0.2, 0) is 44.8 Å². The van der Waals surface area contributed by atoms with Crippen molar-refractivity contribution in [1.82, 2.24) is 31.2 Å². The lowest BCUT2D eigenvalue weighted by Crippen LogP contribution is -2.75. The first-order chi connectivity index (χ1) is 35.0. The molecule has 0 bridgehead atoms. The number of rotatable bonds is 23. The number of ether oxygens (including phenoxy) is 3. The first-order valence-electron chi connectivity index (χ1n) is 23.7. The Morgan fingerprint density at radius 3 is 2.32 bits per heavy atom. The van der Waals surface area contributed by atoms with Crippen LogP contribution in [0.2, 0.25) is 0 Å². The van der Waals surface area contributed by atoms with Crippen LogP contribution in [0.1, 0.15) is 72.9 Å². The third-order valence-electron chi connectivity index (χ3n) is 12.3.